The van der Waals surface area contributed by atoms with Gasteiger partial charge in [0.15, 0.2) is 0 Å². The summed E-state index contributed by atoms with van der Waals surface area (Å²) in [5, 5.41) is 2.79. The van der Waals surface area contributed by atoms with Gasteiger partial charge < -0.3 is 24.6 Å². The van der Waals surface area contributed by atoms with E-state index in [0.29, 0.717) is 13.1 Å². The summed E-state index contributed by atoms with van der Waals surface area (Å²) in [5.74, 6) is -0.678. The minimum atomic E-state index is -0.547. The number of amides is 2. The highest BCUT2D eigenvalue weighted by atomic mass is 19.1. The minimum absolute atomic E-state index is 0.00614. The van der Waals surface area contributed by atoms with Crippen molar-refractivity contribution in [3.8, 4) is 0 Å². The fourth-order valence-corrected chi connectivity index (χ4v) is 4.70. The number of nitrogens with one attached hydrogen (secondary N) is 1. The third kappa shape index (κ3) is 7.82. The van der Waals surface area contributed by atoms with Gasteiger partial charge in [-0.05, 0) is 77.5 Å². The normalized spacial score (nSPS) is 22.7. The van der Waals surface area contributed by atoms with Gasteiger partial charge in [0.05, 0.1) is 17.8 Å². The molecule has 2 amide bonds. The van der Waals surface area contributed by atoms with Crippen LogP contribution in [0.3, 0.4) is 0 Å². The number of carbonyl (C=O) groups is 2. The highest BCUT2D eigenvalue weighted by Gasteiger charge is 2.32. The Labute approximate surface area is 209 Å². The van der Waals surface area contributed by atoms with Crippen LogP contribution in [0.25, 0.3) is 0 Å². The lowest BCUT2D eigenvalue weighted by Gasteiger charge is -2.29. The van der Waals surface area contributed by atoms with Crippen LogP contribution >= 0.6 is 0 Å². The molecule has 196 valence electrons. The monoisotopic (exact) mass is 491 g/mol. The second-order valence-electron chi connectivity index (χ2n) is 10.8. The molecule has 1 N–H and O–H groups in total. The van der Waals surface area contributed by atoms with Gasteiger partial charge in [0, 0.05) is 38.3 Å². The molecular weight excluding hydrogens is 449 g/mol. The maximum atomic E-state index is 14.9. The van der Waals surface area contributed by atoms with Gasteiger partial charge in [0.1, 0.15) is 11.4 Å². The van der Waals surface area contributed by atoms with E-state index in [0.717, 1.165) is 57.2 Å². The van der Waals surface area contributed by atoms with Gasteiger partial charge in [0.2, 0.25) is 5.91 Å². The van der Waals surface area contributed by atoms with Crippen molar-refractivity contribution in [2.24, 2.45) is 5.92 Å². The van der Waals surface area contributed by atoms with Gasteiger partial charge in [0.25, 0.3) is 0 Å². The van der Waals surface area contributed by atoms with Crippen LogP contribution < -0.4 is 10.2 Å². The zero-order valence-electron chi connectivity index (χ0n) is 21.9. The third-order valence-electron chi connectivity index (χ3n) is 6.86. The molecule has 1 aromatic carbocycles. The number of ether oxygens (including phenoxy) is 2. The molecule has 1 aromatic rings. The molecule has 0 spiro atoms. The molecule has 7 nitrogen and oxygen atoms in total. The molecule has 35 heavy (non-hydrogen) atoms. The van der Waals surface area contributed by atoms with Gasteiger partial charge in [-0.15, -0.1) is 0 Å². The van der Waals surface area contributed by atoms with Crippen molar-refractivity contribution >= 4 is 23.4 Å². The van der Waals surface area contributed by atoms with E-state index in [1.807, 2.05) is 26.8 Å². The van der Waals surface area contributed by atoms with Crippen LogP contribution in [-0.4, -0.2) is 61.4 Å². The molecule has 1 atom stereocenters. The van der Waals surface area contributed by atoms with E-state index in [9.17, 15) is 14.0 Å². The Kier molecular flexibility index (Phi) is 9.39. The number of halogens is 1. The third-order valence-corrected chi connectivity index (χ3v) is 6.86. The largest absolute Gasteiger partial charge is 0.444 e. The van der Waals surface area contributed by atoms with E-state index < -0.39 is 11.4 Å². The first-order chi connectivity index (χ1) is 16.6. The molecule has 1 aliphatic heterocycles. The molecule has 1 heterocycles. The number of benzene rings is 1. The van der Waals surface area contributed by atoms with Crippen LogP contribution in [-0.2, 0) is 14.3 Å². The molecule has 3 rings (SSSR count). The summed E-state index contributed by atoms with van der Waals surface area (Å²) in [6.45, 7) is 9.77. The quantitative estimate of drug-likeness (QED) is 0.480. The van der Waals surface area contributed by atoms with Crippen LogP contribution in [0.15, 0.2) is 18.2 Å². The van der Waals surface area contributed by atoms with Crippen LogP contribution in [0.2, 0.25) is 0 Å². The fourth-order valence-electron chi connectivity index (χ4n) is 4.70. The van der Waals surface area contributed by atoms with Gasteiger partial charge in [-0.2, -0.15) is 0 Å². The zero-order valence-corrected chi connectivity index (χ0v) is 21.9. The summed E-state index contributed by atoms with van der Waals surface area (Å²) >= 11 is 0. The van der Waals surface area contributed by atoms with Crippen molar-refractivity contribution in [1.82, 2.24) is 4.90 Å². The molecule has 8 heteroatoms. The first-order valence-corrected chi connectivity index (χ1v) is 13.0. The lowest BCUT2D eigenvalue weighted by molar-refractivity contribution is -0.121. The van der Waals surface area contributed by atoms with Crippen LogP contribution in [0.5, 0.6) is 0 Å². The van der Waals surface area contributed by atoms with E-state index in [1.165, 1.54) is 6.07 Å². The van der Waals surface area contributed by atoms with Crippen molar-refractivity contribution in [1.29, 1.82) is 0 Å². The first kappa shape index (κ1) is 27.2. The second-order valence-corrected chi connectivity index (χ2v) is 10.8. The topological polar surface area (TPSA) is 71.1 Å². The average molecular weight is 492 g/mol. The summed E-state index contributed by atoms with van der Waals surface area (Å²) in [4.78, 5) is 28.8. The Balaban J connectivity index is 1.50. The van der Waals surface area contributed by atoms with E-state index in [2.05, 4.69) is 17.1 Å². The van der Waals surface area contributed by atoms with Gasteiger partial charge in [-0.25, -0.2) is 9.18 Å². The minimum Gasteiger partial charge on any atom is -0.444 e. The number of rotatable bonds is 8. The van der Waals surface area contributed by atoms with E-state index in [1.54, 1.807) is 18.0 Å². The first-order valence-electron chi connectivity index (χ1n) is 13.0. The molecule has 2 aliphatic rings. The fraction of sp³-hybridized carbons (Fsp3) is 0.704. The van der Waals surface area contributed by atoms with Gasteiger partial charge in [-0.3, -0.25) is 4.79 Å². The molecule has 0 radical (unpaired) electrons. The molecule has 1 aliphatic carbocycles. The lowest BCUT2D eigenvalue weighted by atomic mass is 9.86. The van der Waals surface area contributed by atoms with Crippen molar-refractivity contribution in [3.05, 3.63) is 24.0 Å². The maximum absolute atomic E-state index is 14.9. The van der Waals surface area contributed by atoms with Gasteiger partial charge in [-0.1, -0.05) is 13.3 Å². The highest BCUT2D eigenvalue weighted by Crippen LogP contribution is 2.30. The molecule has 1 saturated carbocycles. The Morgan fingerprint density at radius 1 is 1.17 bits per heavy atom. The molecule has 0 bridgehead atoms. The van der Waals surface area contributed by atoms with Crippen LogP contribution in [0, 0.1) is 11.7 Å². The Hall–Kier alpha value is -2.35. The number of unbranched alkanes of at least 4 members (excludes halogenated alkanes) is 1. The molecule has 1 saturated heterocycles. The van der Waals surface area contributed by atoms with Crippen molar-refractivity contribution in [2.75, 3.05) is 37.0 Å². The molecule has 0 aromatic heterocycles. The SMILES string of the molecule is CCCCOC1CCC(C(=O)Nc2ccc(N3CCC(N(C)C(=O)OC(C)(C)C)C3)cc2F)CC1. The Morgan fingerprint density at radius 2 is 1.89 bits per heavy atom. The Bertz CT molecular complexity index is 864. The standard InChI is InChI=1S/C27H42FN3O4/c1-6-7-16-34-22-11-8-19(9-12-22)25(32)29-24-13-10-20(17-23(24)28)31-15-14-21(18-31)30(5)26(33)35-27(2,3)4/h10,13,17,19,21-22H,6-9,11-12,14-16,18H2,1-5H3,(H,29,32). The number of hydrogen-bond donors (Lipinski definition) is 1. The number of likely N-dealkylation sites (N-methyl/N-ethyl adjacent to an activating group) is 1. The lowest BCUT2D eigenvalue weighted by Crippen LogP contribution is -2.42. The number of nitrogens with zero attached hydrogens (tertiary/aromatic N) is 2. The predicted molar refractivity (Wildman–Crippen MR) is 136 cm³/mol. The zero-order chi connectivity index (χ0) is 25.6. The predicted octanol–water partition coefficient (Wildman–Crippen LogP) is 5.59. The maximum Gasteiger partial charge on any atom is 0.410 e. The smallest absolute Gasteiger partial charge is 0.410 e. The summed E-state index contributed by atoms with van der Waals surface area (Å²) in [6, 6.07) is 4.91. The second kappa shape index (κ2) is 12.1. The average Bonchev–Trinajstić information content (AvgIpc) is 3.29. The Morgan fingerprint density at radius 3 is 2.51 bits per heavy atom. The number of carbonyl (C=O) groups excluding carboxylic acids is 2. The molecule has 1 unspecified atom stereocenters. The van der Waals surface area contributed by atoms with Crippen molar-refractivity contribution < 1.29 is 23.5 Å². The van der Waals surface area contributed by atoms with Crippen molar-refractivity contribution in [3.63, 3.8) is 0 Å². The van der Waals surface area contributed by atoms with Crippen molar-refractivity contribution in [2.45, 2.75) is 90.4 Å². The summed E-state index contributed by atoms with van der Waals surface area (Å²) < 4.78 is 26.2. The number of hydrogen-bond acceptors (Lipinski definition) is 5. The summed E-state index contributed by atoms with van der Waals surface area (Å²) in [6.07, 6.45) is 6.12. The van der Waals surface area contributed by atoms with Crippen LogP contribution in [0.1, 0.15) is 72.6 Å². The summed E-state index contributed by atoms with van der Waals surface area (Å²) in [7, 11) is 1.74. The highest BCUT2D eigenvalue weighted by molar-refractivity contribution is 5.93. The van der Waals surface area contributed by atoms with Crippen LogP contribution in [0.4, 0.5) is 20.6 Å². The van der Waals surface area contributed by atoms with E-state index in [-0.39, 0.29) is 35.8 Å². The summed E-state index contributed by atoms with van der Waals surface area (Å²) in [5.41, 5.74) is 0.404. The number of anilines is 2. The molecule has 2 fully saturated rings. The van der Waals surface area contributed by atoms with E-state index in [4.69, 9.17) is 9.47 Å². The van der Waals surface area contributed by atoms with E-state index >= 15 is 0 Å². The molecular formula is C27H42FN3O4. The van der Waals surface area contributed by atoms with Gasteiger partial charge >= 0.3 is 6.09 Å².